The largest absolute Gasteiger partial charge is 0.345 e. The predicted molar refractivity (Wildman–Crippen MR) is 106 cm³/mol. The molecule has 1 aliphatic heterocycles. The summed E-state index contributed by atoms with van der Waals surface area (Å²) in [5.41, 5.74) is 0.425. The molecule has 0 unspecified atom stereocenters. The van der Waals surface area contributed by atoms with Gasteiger partial charge in [0.15, 0.2) is 0 Å². The lowest BCUT2D eigenvalue weighted by Crippen LogP contribution is -2.32. The molecule has 1 heterocycles. The first-order valence-electron chi connectivity index (χ1n) is 9.65. The molecule has 3 rings (SSSR count). The van der Waals surface area contributed by atoms with Crippen LogP contribution in [0.15, 0.2) is 47.4 Å². The van der Waals surface area contributed by atoms with E-state index in [9.17, 15) is 22.0 Å². The molecule has 1 amide bonds. The molecule has 0 radical (unpaired) electrons. The summed E-state index contributed by atoms with van der Waals surface area (Å²) in [4.78, 5) is 12.6. The van der Waals surface area contributed by atoms with Crippen LogP contribution in [0.4, 0.5) is 8.78 Å². The maximum absolute atomic E-state index is 13.9. The van der Waals surface area contributed by atoms with Gasteiger partial charge in [-0.1, -0.05) is 18.9 Å². The van der Waals surface area contributed by atoms with Gasteiger partial charge in [-0.15, -0.1) is 0 Å². The molecule has 0 spiro atoms. The summed E-state index contributed by atoms with van der Waals surface area (Å²) in [6.45, 7) is 2.60. The van der Waals surface area contributed by atoms with E-state index in [1.807, 2.05) is 0 Å². The fraction of sp³-hybridized carbons (Fsp3) is 0.381. The molecule has 0 aliphatic carbocycles. The molecule has 1 fully saturated rings. The van der Waals surface area contributed by atoms with E-state index in [1.54, 1.807) is 6.92 Å². The Hall–Kier alpha value is -2.32. The van der Waals surface area contributed by atoms with Crippen LogP contribution >= 0.6 is 0 Å². The lowest BCUT2D eigenvalue weighted by molar-refractivity contribution is 0.0939. The van der Waals surface area contributed by atoms with Crippen molar-refractivity contribution in [1.29, 1.82) is 0 Å². The number of nitrogens with zero attached hydrogens (tertiary/aromatic N) is 1. The zero-order chi connectivity index (χ0) is 21.0. The standard InChI is InChI=1S/C21H24F2N2O3S/c1-15(19-11-8-17(22)14-20(19)23)24-21(26)16-6-9-18(10-7-16)29(27,28)25-12-4-2-3-5-13-25/h6-11,14-15H,2-5,12-13H2,1H3,(H,24,26)/t15-/m0/s1. The van der Waals surface area contributed by atoms with Gasteiger partial charge < -0.3 is 5.32 Å². The summed E-state index contributed by atoms with van der Waals surface area (Å²) in [5, 5.41) is 2.64. The minimum atomic E-state index is -3.59. The Labute approximate surface area is 169 Å². The second kappa shape index (κ2) is 9.00. The topological polar surface area (TPSA) is 66.5 Å². The molecule has 1 aliphatic rings. The Morgan fingerprint density at radius 2 is 1.62 bits per heavy atom. The molecule has 156 valence electrons. The van der Waals surface area contributed by atoms with Gasteiger partial charge in [0.1, 0.15) is 11.6 Å². The van der Waals surface area contributed by atoms with Crippen LogP contribution in [0.25, 0.3) is 0 Å². The van der Waals surface area contributed by atoms with Crippen LogP contribution in [0.3, 0.4) is 0 Å². The van der Waals surface area contributed by atoms with Crippen molar-refractivity contribution in [3.05, 3.63) is 65.2 Å². The van der Waals surface area contributed by atoms with Crippen LogP contribution in [0.1, 0.15) is 54.6 Å². The third-order valence-corrected chi connectivity index (χ3v) is 7.01. The fourth-order valence-electron chi connectivity index (χ4n) is 3.42. The highest BCUT2D eigenvalue weighted by molar-refractivity contribution is 7.89. The third-order valence-electron chi connectivity index (χ3n) is 5.10. The Morgan fingerprint density at radius 1 is 1.00 bits per heavy atom. The highest BCUT2D eigenvalue weighted by atomic mass is 32.2. The number of hydrogen-bond acceptors (Lipinski definition) is 3. The average Bonchev–Trinajstić information content (AvgIpc) is 2.98. The van der Waals surface area contributed by atoms with Gasteiger partial charge in [-0.2, -0.15) is 4.31 Å². The number of benzene rings is 2. The minimum absolute atomic E-state index is 0.147. The predicted octanol–water partition coefficient (Wildman–Crippen LogP) is 4.02. The first kappa shape index (κ1) is 21.4. The van der Waals surface area contributed by atoms with Gasteiger partial charge in [0, 0.05) is 30.3 Å². The molecule has 5 nitrogen and oxygen atoms in total. The Bertz CT molecular complexity index is 970. The molecule has 0 aromatic heterocycles. The van der Waals surface area contributed by atoms with E-state index in [-0.39, 0.29) is 16.0 Å². The Balaban J connectivity index is 1.71. The minimum Gasteiger partial charge on any atom is -0.345 e. The Morgan fingerprint density at radius 3 is 2.21 bits per heavy atom. The maximum atomic E-state index is 13.9. The molecular weight excluding hydrogens is 398 g/mol. The summed E-state index contributed by atoms with van der Waals surface area (Å²) in [7, 11) is -3.59. The molecule has 2 aromatic carbocycles. The second-order valence-corrected chi connectivity index (χ2v) is 9.14. The average molecular weight is 422 g/mol. The molecule has 8 heteroatoms. The first-order chi connectivity index (χ1) is 13.8. The van der Waals surface area contributed by atoms with Gasteiger partial charge in [0.25, 0.3) is 5.91 Å². The van der Waals surface area contributed by atoms with Crippen molar-refractivity contribution >= 4 is 15.9 Å². The summed E-state index contributed by atoms with van der Waals surface area (Å²) < 4.78 is 54.0. The van der Waals surface area contributed by atoms with E-state index in [1.165, 1.54) is 34.6 Å². The van der Waals surface area contributed by atoms with Gasteiger partial charge in [0.2, 0.25) is 10.0 Å². The number of sulfonamides is 1. The molecule has 1 saturated heterocycles. The van der Waals surface area contributed by atoms with Crippen molar-refractivity contribution in [2.45, 2.75) is 43.5 Å². The Kier molecular flexibility index (Phi) is 6.64. The van der Waals surface area contributed by atoms with Gasteiger partial charge in [-0.3, -0.25) is 4.79 Å². The molecule has 1 N–H and O–H groups in total. The molecular formula is C21H24F2N2O3S. The van der Waals surface area contributed by atoms with E-state index < -0.39 is 33.6 Å². The number of carbonyl (C=O) groups excluding carboxylic acids is 1. The van der Waals surface area contributed by atoms with Crippen molar-refractivity contribution in [2.75, 3.05) is 13.1 Å². The van der Waals surface area contributed by atoms with Crippen LogP contribution in [0.5, 0.6) is 0 Å². The lowest BCUT2D eigenvalue weighted by Gasteiger charge is -2.20. The number of hydrogen-bond donors (Lipinski definition) is 1. The summed E-state index contributed by atoms with van der Waals surface area (Å²) in [6, 6.07) is 8.21. The second-order valence-electron chi connectivity index (χ2n) is 7.20. The van der Waals surface area contributed by atoms with E-state index in [0.29, 0.717) is 13.1 Å². The van der Waals surface area contributed by atoms with Gasteiger partial charge in [-0.05, 0) is 50.1 Å². The number of halogens is 2. The van der Waals surface area contributed by atoms with E-state index in [0.717, 1.165) is 37.8 Å². The van der Waals surface area contributed by atoms with Gasteiger partial charge in [0.05, 0.1) is 10.9 Å². The summed E-state index contributed by atoms with van der Waals surface area (Å²) in [6.07, 6.45) is 3.74. The number of nitrogens with one attached hydrogen (secondary N) is 1. The molecule has 1 atom stereocenters. The normalized spacial score (nSPS) is 16.8. The van der Waals surface area contributed by atoms with Crippen molar-refractivity contribution in [1.82, 2.24) is 9.62 Å². The van der Waals surface area contributed by atoms with Crippen LogP contribution < -0.4 is 5.32 Å². The first-order valence-corrected chi connectivity index (χ1v) is 11.1. The van der Waals surface area contributed by atoms with E-state index in [2.05, 4.69) is 5.32 Å². The van der Waals surface area contributed by atoms with Crippen LogP contribution in [-0.2, 0) is 10.0 Å². The van der Waals surface area contributed by atoms with Crippen LogP contribution in [-0.4, -0.2) is 31.7 Å². The monoisotopic (exact) mass is 422 g/mol. The lowest BCUT2D eigenvalue weighted by atomic mass is 10.1. The van der Waals surface area contributed by atoms with Gasteiger partial charge in [-0.25, -0.2) is 17.2 Å². The molecule has 29 heavy (non-hydrogen) atoms. The highest BCUT2D eigenvalue weighted by Gasteiger charge is 2.25. The number of amides is 1. The number of rotatable bonds is 5. The molecule has 0 bridgehead atoms. The van der Waals surface area contributed by atoms with Crippen molar-refractivity contribution in [3.63, 3.8) is 0 Å². The highest BCUT2D eigenvalue weighted by Crippen LogP contribution is 2.22. The van der Waals surface area contributed by atoms with E-state index >= 15 is 0 Å². The zero-order valence-corrected chi connectivity index (χ0v) is 17.0. The molecule has 0 saturated carbocycles. The van der Waals surface area contributed by atoms with Crippen molar-refractivity contribution in [3.8, 4) is 0 Å². The smallest absolute Gasteiger partial charge is 0.251 e. The quantitative estimate of drug-likeness (QED) is 0.792. The van der Waals surface area contributed by atoms with E-state index in [4.69, 9.17) is 0 Å². The summed E-state index contributed by atoms with van der Waals surface area (Å²) in [5.74, 6) is -1.90. The van der Waals surface area contributed by atoms with Crippen LogP contribution in [0, 0.1) is 11.6 Å². The SMILES string of the molecule is C[C@H](NC(=O)c1ccc(S(=O)(=O)N2CCCCCC2)cc1)c1ccc(F)cc1F. The third kappa shape index (κ3) is 5.00. The van der Waals surface area contributed by atoms with Crippen molar-refractivity contribution in [2.24, 2.45) is 0 Å². The summed E-state index contributed by atoms with van der Waals surface area (Å²) >= 11 is 0. The maximum Gasteiger partial charge on any atom is 0.251 e. The number of carbonyl (C=O) groups is 1. The zero-order valence-electron chi connectivity index (χ0n) is 16.2. The van der Waals surface area contributed by atoms with Crippen LogP contribution in [0.2, 0.25) is 0 Å². The van der Waals surface area contributed by atoms with Gasteiger partial charge >= 0.3 is 0 Å². The molecule has 2 aromatic rings. The fourth-order valence-corrected chi connectivity index (χ4v) is 4.94. The van der Waals surface area contributed by atoms with Crippen molar-refractivity contribution < 1.29 is 22.0 Å².